The molecule has 2 N–H and O–H groups in total. The van der Waals surface area contributed by atoms with Crippen LogP contribution in [0.2, 0.25) is 0 Å². The molecule has 0 aromatic heterocycles. The van der Waals surface area contributed by atoms with E-state index >= 15 is 0 Å². The molecule has 10 heavy (non-hydrogen) atoms. The van der Waals surface area contributed by atoms with E-state index in [-0.39, 0.29) is 5.16 Å². The molecule has 0 saturated carbocycles. The first-order chi connectivity index (χ1) is 4.37. The highest BCUT2D eigenvalue weighted by molar-refractivity contribution is 7.61. The molecule has 0 atom stereocenters. The Labute approximate surface area is 63.1 Å². The van der Waals surface area contributed by atoms with Gasteiger partial charge in [0.2, 0.25) is 7.44 Å². The van der Waals surface area contributed by atoms with Gasteiger partial charge in [0.25, 0.3) is 0 Å². The Morgan fingerprint density at radius 2 is 1.40 bits per heavy atom. The van der Waals surface area contributed by atoms with E-state index in [0.29, 0.717) is 0 Å². The lowest BCUT2D eigenvalue weighted by molar-refractivity contribution is 0.532. The lowest BCUT2D eigenvalue weighted by atomic mass is 10.3. The van der Waals surface area contributed by atoms with Crippen molar-refractivity contribution in [2.45, 2.75) is 25.9 Å². The molecule has 0 spiro atoms. The van der Waals surface area contributed by atoms with E-state index in [1.807, 2.05) is 20.8 Å². The van der Waals surface area contributed by atoms with Crippen LogP contribution in [0.1, 0.15) is 20.8 Å². The molecule has 0 fully saturated rings. The molecule has 0 amide bonds. The van der Waals surface area contributed by atoms with Gasteiger partial charge in [-0.25, -0.2) is 0 Å². The Hall–Kier alpha value is 0.150. The first kappa shape index (κ1) is 10.2. The van der Waals surface area contributed by atoms with E-state index in [2.05, 4.69) is 10.2 Å². The van der Waals surface area contributed by atoms with Gasteiger partial charge in [0.1, 0.15) is 0 Å². The minimum absolute atomic E-state index is 0.212. The summed E-state index contributed by atoms with van der Waals surface area (Å²) in [4.78, 5) is 0. The zero-order valence-corrected chi connectivity index (χ0v) is 8.25. The van der Waals surface area contributed by atoms with Gasteiger partial charge in [-0.2, -0.15) is 0 Å². The highest BCUT2D eigenvalue weighted by Crippen LogP contribution is 2.48. The summed E-state index contributed by atoms with van der Waals surface area (Å²) in [5.41, 5.74) is 0. The van der Waals surface area contributed by atoms with Crippen molar-refractivity contribution in [1.29, 1.82) is 0 Å². The molecule has 4 heteroatoms. The van der Waals surface area contributed by atoms with E-state index in [9.17, 15) is 4.57 Å². The second kappa shape index (κ2) is 3.04. The lowest BCUT2D eigenvalue weighted by Crippen LogP contribution is -2.30. The summed E-state index contributed by atoms with van der Waals surface area (Å²) in [5.74, 6) is 0. The fourth-order valence-electron chi connectivity index (χ4n) is 0.783. The van der Waals surface area contributed by atoms with Crippen LogP contribution in [-0.4, -0.2) is 19.3 Å². The zero-order valence-electron chi connectivity index (χ0n) is 7.36. The SMILES string of the molecule is CNP(=O)(NC)C(C)(C)C. The van der Waals surface area contributed by atoms with E-state index < -0.39 is 7.44 Å². The maximum Gasteiger partial charge on any atom is 0.215 e. The molecule has 0 aliphatic heterocycles. The minimum Gasteiger partial charge on any atom is -0.289 e. The average Bonchev–Trinajstić information content (AvgIpc) is 1.84. The molecule has 0 unspecified atom stereocenters. The van der Waals surface area contributed by atoms with E-state index in [1.54, 1.807) is 14.1 Å². The third kappa shape index (κ3) is 1.82. The van der Waals surface area contributed by atoms with Crippen molar-refractivity contribution in [1.82, 2.24) is 10.2 Å². The Bertz CT molecular complexity index is 142. The fourth-order valence-corrected chi connectivity index (χ4v) is 2.35. The topological polar surface area (TPSA) is 41.1 Å². The Balaban J connectivity index is 4.51. The Morgan fingerprint density at radius 1 is 1.10 bits per heavy atom. The predicted molar refractivity (Wildman–Crippen MR) is 45.5 cm³/mol. The number of hydrogen-bond donors (Lipinski definition) is 2. The molecular formula is C6H17N2OP. The van der Waals surface area contributed by atoms with Gasteiger partial charge in [-0.1, -0.05) is 20.8 Å². The second-order valence-corrected chi connectivity index (χ2v) is 6.68. The second-order valence-electron chi connectivity index (χ2n) is 3.23. The third-order valence-electron chi connectivity index (χ3n) is 1.57. The first-order valence-electron chi connectivity index (χ1n) is 3.35. The van der Waals surface area contributed by atoms with Crippen LogP contribution >= 0.6 is 7.44 Å². The summed E-state index contributed by atoms with van der Waals surface area (Å²) < 4.78 is 11.8. The number of hydrogen-bond acceptors (Lipinski definition) is 1. The summed E-state index contributed by atoms with van der Waals surface area (Å²) in [5, 5.41) is 5.41. The van der Waals surface area contributed by atoms with Gasteiger partial charge < -0.3 is 0 Å². The highest BCUT2D eigenvalue weighted by Gasteiger charge is 2.33. The smallest absolute Gasteiger partial charge is 0.215 e. The maximum atomic E-state index is 11.8. The molecule has 0 bridgehead atoms. The van der Waals surface area contributed by atoms with Gasteiger partial charge in [0, 0.05) is 5.16 Å². The number of rotatable bonds is 2. The summed E-state index contributed by atoms with van der Waals surface area (Å²) in [6.07, 6.45) is 0. The van der Waals surface area contributed by atoms with E-state index in [4.69, 9.17) is 0 Å². The molecule has 0 aromatic rings. The van der Waals surface area contributed by atoms with Gasteiger partial charge in [-0.05, 0) is 14.1 Å². The van der Waals surface area contributed by atoms with Gasteiger partial charge in [-0.3, -0.25) is 14.7 Å². The average molecular weight is 164 g/mol. The van der Waals surface area contributed by atoms with Gasteiger partial charge in [0.15, 0.2) is 0 Å². The quantitative estimate of drug-likeness (QED) is 0.606. The molecule has 0 aromatic carbocycles. The minimum atomic E-state index is -2.36. The molecule has 0 saturated heterocycles. The fraction of sp³-hybridized carbons (Fsp3) is 1.00. The van der Waals surface area contributed by atoms with E-state index in [1.165, 1.54) is 0 Å². The van der Waals surface area contributed by atoms with Crippen molar-refractivity contribution in [3.8, 4) is 0 Å². The van der Waals surface area contributed by atoms with Crippen molar-refractivity contribution < 1.29 is 4.57 Å². The molecule has 0 heterocycles. The van der Waals surface area contributed by atoms with E-state index in [0.717, 1.165) is 0 Å². The Kier molecular flexibility index (Phi) is 3.08. The van der Waals surface area contributed by atoms with Crippen LogP contribution < -0.4 is 10.2 Å². The van der Waals surface area contributed by atoms with Crippen LogP contribution in [0.4, 0.5) is 0 Å². The van der Waals surface area contributed by atoms with Crippen LogP contribution in [0, 0.1) is 0 Å². The molecular weight excluding hydrogens is 147 g/mol. The van der Waals surface area contributed by atoms with Crippen molar-refractivity contribution in [3.05, 3.63) is 0 Å². The van der Waals surface area contributed by atoms with Crippen LogP contribution in [0.3, 0.4) is 0 Å². The molecule has 0 aliphatic carbocycles. The molecule has 0 radical (unpaired) electrons. The van der Waals surface area contributed by atoms with Crippen molar-refractivity contribution >= 4 is 7.44 Å². The molecule has 62 valence electrons. The van der Waals surface area contributed by atoms with Crippen molar-refractivity contribution in [2.24, 2.45) is 0 Å². The van der Waals surface area contributed by atoms with Crippen LogP contribution in [0.5, 0.6) is 0 Å². The first-order valence-corrected chi connectivity index (χ1v) is 5.06. The summed E-state index contributed by atoms with van der Waals surface area (Å²) in [6, 6.07) is 0. The molecule has 0 rings (SSSR count). The molecule has 3 nitrogen and oxygen atoms in total. The standard InChI is InChI=1S/C6H17N2OP/c1-6(2,3)10(9,7-4)8-5/h1-5H3,(H2,7,8,9). The maximum absolute atomic E-state index is 11.8. The monoisotopic (exact) mass is 164 g/mol. The summed E-state index contributed by atoms with van der Waals surface area (Å²) >= 11 is 0. The van der Waals surface area contributed by atoms with Crippen molar-refractivity contribution in [3.63, 3.8) is 0 Å². The van der Waals surface area contributed by atoms with Crippen LogP contribution in [0.25, 0.3) is 0 Å². The van der Waals surface area contributed by atoms with Gasteiger partial charge in [-0.15, -0.1) is 0 Å². The predicted octanol–water partition coefficient (Wildman–Crippen LogP) is 1.42. The van der Waals surface area contributed by atoms with Gasteiger partial charge >= 0.3 is 0 Å². The van der Waals surface area contributed by atoms with Crippen LogP contribution in [0.15, 0.2) is 0 Å². The lowest BCUT2D eigenvalue weighted by Gasteiger charge is -2.29. The summed E-state index contributed by atoms with van der Waals surface area (Å²) in [7, 11) is 1.06. The highest BCUT2D eigenvalue weighted by atomic mass is 31.2. The summed E-state index contributed by atoms with van der Waals surface area (Å²) in [6.45, 7) is 5.84. The Morgan fingerprint density at radius 3 is 1.40 bits per heavy atom. The molecule has 0 aliphatic rings. The normalized spacial score (nSPS) is 13.7. The number of nitrogens with one attached hydrogen (secondary N) is 2. The van der Waals surface area contributed by atoms with Crippen LogP contribution in [-0.2, 0) is 4.57 Å². The largest absolute Gasteiger partial charge is 0.289 e. The van der Waals surface area contributed by atoms with Crippen molar-refractivity contribution in [2.75, 3.05) is 14.1 Å². The van der Waals surface area contributed by atoms with Gasteiger partial charge in [0.05, 0.1) is 0 Å². The zero-order chi connectivity index (χ0) is 8.41. The third-order valence-corrected chi connectivity index (χ3v) is 4.72.